The minimum atomic E-state index is -0.576. The zero-order chi connectivity index (χ0) is 9.84. The molecule has 0 saturated carbocycles. The van der Waals surface area contributed by atoms with Crippen molar-refractivity contribution in [3.63, 3.8) is 0 Å². The minimum absolute atomic E-state index is 0.313. The van der Waals surface area contributed by atoms with Gasteiger partial charge in [0.1, 0.15) is 0 Å². The molecule has 1 aromatic rings. The largest absolute Gasteiger partial charge is 0.453 e. The summed E-state index contributed by atoms with van der Waals surface area (Å²) >= 11 is 5.80. The molecule has 0 aliphatic rings. The molecular formula is C8H9ClN2O2. The van der Waals surface area contributed by atoms with Crippen LogP contribution in [-0.4, -0.2) is 13.2 Å². The van der Waals surface area contributed by atoms with Crippen molar-refractivity contribution in [1.82, 2.24) is 0 Å². The summed E-state index contributed by atoms with van der Waals surface area (Å²) in [6.07, 6.45) is -0.576. The summed E-state index contributed by atoms with van der Waals surface area (Å²) in [6.45, 7) is 0. The van der Waals surface area contributed by atoms with Crippen LogP contribution < -0.4 is 11.1 Å². The lowest BCUT2D eigenvalue weighted by molar-refractivity contribution is 0.187. The van der Waals surface area contributed by atoms with Gasteiger partial charge < -0.3 is 10.5 Å². The van der Waals surface area contributed by atoms with Crippen molar-refractivity contribution in [1.29, 1.82) is 0 Å². The fourth-order valence-corrected chi connectivity index (χ4v) is 0.981. The number of hydrogen-bond donors (Lipinski definition) is 2. The Morgan fingerprint density at radius 3 is 2.92 bits per heavy atom. The van der Waals surface area contributed by atoms with Gasteiger partial charge in [0.05, 0.1) is 23.5 Å². The third kappa shape index (κ3) is 2.26. The van der Waals surface area contributed by atoms with Gasteiger partial charge in [-0.15, -0.1) is 0 Å². The number of carbonyl (C=O) groups excluding carboxylic acids is 1. The summed E-state index contributed by atoms with van der Waals surface area (Å²) in [4.78, 5) is 10.8. The Balaban J connectivity index is 2.89. The summed E-state index contributed by atoms with van der Waals surface area (Å²) in [5.41, 5.74) is 6.36. The topological polar surface area (TPSA) is 64.3 Å². The number of halogens is 1. The SMILES string of the molecule is COC(=O)Nc1cccc(N)c1Cl. The third-order valence-electron chi connectivity index (χ3n) is 1.45. The summed E-state index contributed by atoms with van der Waals surface area (Å²) in [7, 11) is 1.27. The summed E-state index contributed by atoms with van der Waals surface area (Å²) in [5.74, 6) is 0. The molecule has 0 bridgehead atoms. The van der Waals surface area contributed by atoms with Gasteiger partial charge in [-0.05, 0) is 12.1 Å². The molecule has 0 heterocycles. The maximum Gasteiger partial charge on any atom is 0.411 e. The number of anilines is 2. The van der Waals surface area contributed by atoms with Gasteiger partial charge >= 0.3 is 6.09 Å². The summed E-state index contributed by atoms with van der Waals surface area (Å²) < 4.78 is 4.40. The van der Waals surface area contributed by atoms with Crippen LogP contribution in [0.2, 0.25) is 5.02 Å². The first kappa shape index (κ1) is 9.67. The van der Waals surface area contributed by atoms with Gasteiger partial charge in [0.25, 0.3) is 0 Å². The number of methoxy groups -OCH3 is 1. The van der Waals surface area contributed by atoms with E-state index < -0.39 is 6.09 Å². The molecule has 13 heavy (non-hydrogen) atoms. The van der Waals surface area contributed by atoms with Crippen LogP contribution in [0, 0.1) is 0 Å². The molecule has 70 valence electrons. The first-order valence-electron chi connectivity index (χ1n) is 3.54. The molecule has 0 aliphatic heterocycles. The average molecular weight is 201 g/mol. The molecule has 0 fully saturated rings. The van der Waals surface area contributed by atoms with Crippen molar-refractivity contribution < 1.29 is 9.53 Å². The van der Waals surface area contributed by atoms with Gasteiger partial charge in [0, 0.05) is 0 Å². The first-order valence-corrected chi connectivity index (χ1v) is 3.92. The Labute approximate surface area is 80.6 Å². The Morgan fingerprint density at radius 2 is 2.31 bits per heavy atom. The molecule has 0 aliphatic carbocycles. The van der Waals surface area contributed by atoms with Gasteiger partial charge in [-0.25, -0.2) is 4.79 Å². The van der Waals surface area contributed by atoms with E-state index in [1.807, 2.05) is 0 Å². The molecule has 1 amide bonds. The monoisotopic (exact) mass is 200 g/mol. The smallest absolute Gasteiger partial charge is 0.411 e. The molecule has 0 saturated heterocycles. The maximum absolute atomic E-state index is 10.8. The quantitative estimate of drug-likeness (QED) is 0.683. The van der Waals surface area contributed by atoms with Crippen LogP contribution in [0.3, 0.4) is 0 Å². The van der Waals surface area contributed by atoms with E-state index in [2.05, 4.69) is 10.1 Å². The van der Waals surface area contributed by atoms with E-state index in [9.17, 15) is 4.79 Å². The van der Waals surface area contributed by atoms with E-state index in [-0.39, 0.29) is 0 Å². The highest BCUT2D eigenvalue weighted by molar-refractivity contribution is 6.36. The molecule has 4 nitrogen and oxygen atoms in total. The second-order valence-corrected chi connectivity index (χ2v) is 2.70. The van der Waals surface area contributed by atoms with Crippen molar-refractivity contribution in [3.8, 4) is 0 Å². The van der Waals surface area contributed by atoms with Crippen LogP contribution in [0.25, 0.3) is 0 Å². The van der Waals surface area contributed by atoms with Crippen molar-refractivity contribution in [2.45, 2.75) is 0 Å². The first-order chi connectivity index (χ1) is 6.15. The Morgan fingerprint density at radius 1 is 1.62 bits per heavy atom. The normalized spacial score (nSPS) is 9.38. The molecule has 1 rings (SSSR count). The van der Waals surface area contributed by atoms with Gasteiger partial charge in [0.15, 0.2) is 0 Å². The molecule has 5 heteroatoms. The van der Waals surface area contributed by atoms with E-state index in [4.69, 9.17) is 17.3 Å². The van der Waals surface area contributed by atoms with E-state index >= 15 is 0 Å². The summed E-state index contributed by atoms with van der Waals surface area (Å²) in [5, 5.41) is 2.74. The summed E-state index contributed by atoms with van der Waals surface area (Å²) in [6, 6.07) is 4.97. The number of hydrogen-bond acceptors (Lipinski definition) is 3. The number of rotatable bonds is 1. The molecule has 0 unspecified atom stereocenters. The van der Waals surface area contributed by atoms with E-state index in [1.165, 1.54) is 7.11 Å². The van der Waals surface area contributed by atoms with Gasteiger partial charge in [0.2, 0.25) is 0 Å². The number of benzene rings is 1. The molecule has 1 aromatic carbocycles. The molecular weight excluding hydrogens is 192 g/mol. The van der Waals surface area contributed by atoms with E-state index in [0.717, 1.165) is 0 Å². The second-order valence-electron chi connectivity index (χ2n) is 2.33. The number of nitrogens with two attached hydrogens (primary N) is 1. The Bertz CT molecular complexity index is 328. The predicted molar refractivity (Wildman–Crippen MR) is 51.9 cm³/mol. The van der Waals surface area contributed by atoms with E-state index in [1.54, 1.807) is 18.2 Å². The van der Waals surface area contributed by atoms with Crippen molar-refractivity contribution >= 4 is 29.1 Å². The zero-order valence-corrected chi connectivity index (χ0v) is 7.76. The second kappa shape index (κ2) is 4.00. The molecule has 0 spiro atoms. The fraction of sp³-hybridized carbons (Fsp3) is 0.125. The van der Waals surface area contributed by atoms with Gasteiger partial charge in [-0.2, -0.15) is 0 Å². The van der Waals surface area contributed by atoms with Gasteiger partial charge in [-0.1, -0.05) is 17.7 Å². The van der Waals surface area contributed by atoms with Crippen LogP contribution in [0.15, 0.2) is 18.2 Å². The van der Waals surface area contributed by atoms with Crippen LogP contribution in [0.1, 0.15) is 0 Å². The maximum atomic E-state index is 10.8. The van der Waals surface area contributed by atoms with Crippen molar-refractivity contribution in [2.75, 3.05) is 18.2 Å². The number of amides is 1. The molecule has 0 radical (unpaired) electrons. The van der Waals surface area contributed by atoms with Crippen LogP contribution in [0.5, 0.6) is 0 Å². The van der Waals surface area contributed by atoms with Gasteiger partial charge in [-0.3, -0.25) is 5.32 Å². The Hall–Kier alpha value is -1.42. The Kier molecular flexibility index (Phi) is 2.97. The lowest BCUT2D eigenvalue weighted by Crippen LogP contribution is -2.11. The number of ether oxygens (including phenoxy) is 1. The zero-order valence-electron chi connectivity index (χ0n) is 7.00. The minimum Gasteiger partial charge on any atom is -0.453 e. The lowest BCUT2D eigenvalue weighted by atomic mass is 10.3. The fourth-order valence-electron chi connectivity index (χ4n) is 0.807. The highest BCUT2D eigenvalue weighted by Gasteiger charge is 2.06. The lowest BCUT2D eigenvalue weighted by Gasteiger charge is -2.06. The molecule has 0 aromatic heterocycles. The average Bonchev–Trinajstić information content (AvgIpc) is 2.13. The van der Waals surface area contributed by atoms with E-state index in [0.29, 0.717) is 16.4 Å². The van der Waals surface area contributed by atoms with Crippen LogP contribution in [0.4, 0.5) is 16.2 Å². The number of carbonyl (C=O) groups is 1. The van der Waals surface area contributed by atoms with Crippen molar-refractivity contribution in [2.24, 2.45) is 0 Å². The standard InChI is InChI=1S/C8H9ClN2O2/c1-13-8(12)11-6-4-2-3-5(10)7(6)9/h2-4H,10H2,1H3,(H,11,12). The predicted octanol–water partition coefficient (Wildman–Crippen LogP) is 2.10. The number of nitrogen functional groups attached to an aromatic ring is 1. The van der Waals surface area contributed by atoms with Crippen LogP contribution >= 0.6 is 11.6 Å². The molecule has 3 N–H and O–H groups in total. The third-order valence-corrected chi connectivity index (χ3v) is 1.87. The van der Waals surface area contributed by atoms with Crippen LogP contribution in [-0.2, 0) is 4.74 Å². The molecule has 0 atom stereocenters. The van der Waals surface area contributed by atoms with Crippen molar-refractivity contribution in [3.05, 3.63) is 23.2 Å². The number of nitrogens with one attached hydrogen (secondary N) is 1. The highest BCUT2D eigenvalue weighted by Crippen LogP contribution is 2.27. The highest BCUT2D eigenvalue weighted by atomic mass is 35.5.